The Morgan fingerprint density at radius 2 is 1.81 bits per heavy atom. The lowest BCUT2D eigenvalue weighted by Crippen LogP contribution is -1.97. The molecule has 0 aliphatic heterocycles. The fourth-order valence-electron chi connectivity index (χ4n) is 2.16. The fourth-order valence-corrected chi connectivity index (χ4v) is 2.99. The number of nitrogens with one attached hydrogen (secondary N) is 1. The van der Waals surface area contributed by atoms with Crippen molar-refractivity contribution in [1.29, 1.82) is 0 Å². The summed E-state index contributed by atoms with van der Waals surface area (Å²) in [7, 11) is -3.41. The summed E-state index contributed by atoms with van der Waals surface area (Å²) < 4.78 is 23.5. The first kappa shape index (κ1) is 13.4. The Hall–Kier alpha value is -2.54. The third-order valence-electron chi connectivity index (χ3n) is 3.14. The molecule has 21 heavy (non-hydrogen) atoms. The maximum atomic E-state index is 11.8. The second-order valence-electron chi connectivity index (χ2n) is 4.68. The van der Waals surface area contributed by atoms with E-state index in [9.17, 15) is 18.6 Å². The van der Waals surface area contributed by atoms with E-state index in [1.54, 1.807) is 24.3 Å². The number of aromatic nitrogens is 2. The van der Waals surface area contributed by atoms with Crippen molar-refractivity contribution in [2.24, 2.45) is 0 Å². The van der Waals surface area contributed by atoms with Crippen molar-refractivity contribution in [2.75, 3.05) is 6.26 Å². The van der Waals surface area contributed by atoms with Gasteiger partial charge in [-0.15, -0.1) is 0 Å². The number of para-hydroxylation sites is 2. The predicted octanol–water partition coefficient (Wildman–Crippen LogP) is 2.04. The summed E-state index contributed by atoms with van der Waals surface area (Å²) in [5.74, 6) is -0.289. The Morgan fingerprint density at radius 3 is 2.52 bits per heavy atom. The molecular weight excluding hydrogens is 292 g/mol. The van der Waals surface area contributed by atoms with E-state index >= 15 is 0 Å². The Bertz CT molecular complexity index is 945. The molecule has 3 aromatic rings. The molecule has 0 radical (unpaired) electrons. The molecule has 3 N–H and O–H groups in total. The molecule has 0 unspecified atom stereocenters. The van der Waals surface area contributed by atoms with E-state index in [1.807, 2.05) is 0 Å². The Kier molecular flexibility index (Phi) is 2.87. The zero-order valence-electron chi connectivity index (χ0n) is 11.0. The third kappa shape index (κ3) is 2.21. The van der Waals surface area contributed by atoms with Crippen molar-refractivity contribution in [3.05, 3.63) is 36.4 Å². The van der Waals surface area contributed by atoms with Crippen LogP contribution in [0.3, 0.4) is 0 Å². The van der Waals surface area contributed by atoms with Crippen LogP contribution in [-0.4, -0.2) is 34.9 Å². The van der Waals surface area contributed by atoms with Gasteiger partial charge in [0.05, 0.1) is 16.0 Å². The second-order valence-corrected chi connectivity index (χ2v) is 6.67. The lowest BCUT2D eigenvalue weighted by Gasteiger charge is -2.02. The molecule has 0 amide bonds. The molecule has 0 saturated heterocycles. The van der Waals surface area contributed by atoms with E-state index < -0.39 is 9.84 Å². The summed E-state index contributed by atoms with van der Waals surface area (Å²) >= 11 is 0. The molecule has 0 spiro atoms. The molecule has 108 valence electrons. The van der Waals surface area contributed by atoms with Crippen LogP contribution in [0.4, 0.5) is 0 Å². The summed E-state index contributed by atoms with van der Waals surface area (Å²) in [4.78, 5) is 7.30. The number of nitrogens with zero attached hydrogens (tertiary/aromatic N) is 1. The van der Waals surface area contributed by atoms with Crippen LogP contribution in [0, 0.1) is 0 Å². The number of hydrogen-bond donors (Lipinski definition) is 3. The second kappa shape index (κ2) is 4.49. The van der Waals surface area contributed by atoms with Gasteiger partial charge in [0, 0.05) is 6.26 Å². The minimum Gasteiger partial charge on any atom is -0.504 e. The number of aromatic hydroxyl groups is 2. The number of sulfone groups is 1. The van der Waals surface area contributed by atoms with Gasteiger partial charge >= 0.3 is 0 Å². The van der Waals surface area contributed by atoms with Crippen LogP contribution in [0.15, 0.2) is 41.3 Å². The van der Waals surface area contributed by atoms with Gasteiger partial charge in [-0.25, -0.2) is 13.4 Å². The predicted molar refractivity (Wildman–Crippen MR) is 78.0 cm³/mol. The number of benzene rings is 2. The zero-order chi connectivity index (χ0) is 15.2. The smallest absolute Gasteiger partial charge is 0.177 e. The standard InChI is InChI=1S/C14H12N2O4S/c1-21(19,20)11-7-3-5-9-12(11)16-14(15-9)8-4-2-6-10(17)13(8)18/h2-7,17-18H,1H3,(H,15,16). The van der Waals surface area contributed by atoms with Gasteiger partial charge in [0.1, 0.15) is 11.3 Å². The van der Waals surface area contributed by atoms with Crippen molar-refractivity contribution in [2.45, 2.75) is 4.90 Å². The molecule has 2 aromatic carbocycles. The molecule has 0 saturated carbocycles. The molecule has 3 rings (SSSR count). The highest BCUT2D eigenvalue weighted by Gasteiger charge is 2.17. The highest BCUT2D eigenvalue weighted by Crippen LogP contribution is 2.36. The Balaban J connectivity index is 2.30. The number of fused-ring (bicyclic) bond motifs is 1. The van der Waals surface area contributed by atoms with Crippen LogP contribution < -0.4 is 0 Å². The van der Waals surface area contributed by atoms with Crippen molar-refractivity contribution in [1.82, 2.24) is 9.97 Å². The highest BCUT2D eigenvalue weighted by molar-refractivity contribution is 7.91. The Morgan fingerprint density at radius 1 is 1.10 bits per heavy atom. The van der Waals surface area contributed by atoms with Gasteiger partial charge < -0.3 is 15.2 Å². The average Bonchev–Trinajstić information content (AvgIpc) is 2.84. The van der Waals surface area contributed by atoms with Crippen molar-refractivity contribution in [3.8, 4) is 22.9 Å². The van der Waals surface area contributed by atoms with Gasteiger partial charge in [0.25, 0.3) is 0 Å². The summed E-state index contributed by atoms with van der Waals surface area (Å²) in [6.07, 6.45) is 1.11. The van der Waals surface area contributed by atoms with Gasteiger partial charge in [0.2, 0.25) is 0 Å². The summed E-state index contributed by atoms with van der Waals surface area (Å²) in [5, 5.41) is 19.4. The molecule has 0 bridgehead atoms. The van der Waals surface area contributed by atoms with Gasteiger partial charge in [-0.2, -0.15) is 0 Å². The molecule has 0 aliphatic carbocycles. The van der Waals surface area contributed by atoms with E-state index in [-0.39, 0.29) is 22.2 Å². The number of imidazole rings is 1. The van der Waals surface area contributed by atoms with Crippen molar-refractivity contribution < 1.29 is 18.6 Å². The van der Waals surface area contributed by atoms with Crippen molar-refractivity contribution >= 4 is 20.9 Å². The van der Waals surface area contributed by atoms with Crippen LogP contribution in [0.5, 0.6) is 11.5 Å². The number of aromatic amines is 1. The minimum atomic E-state index is -3.41. The summed E-state index contributed by atoms with van der Waals surface area (Å²) in [6, 6.07) is 9.28. The molecule has 0 atom stereocenters. The first-order valence-electron chi connectivity index (χ1n) is 6.08. The number of phenolic OH excluding ortho intramolecular Hbond substituents is 2. The largest absolute Gasteiger partial charge is 0.504 e. The first-order chi connectivity index (χ1) is 9.88. The number of phenols is 2. The molecule has 0 aliphatic rings. The molecule has 1 aromatic heterocycles. The van der Waals surface area contributed by atoms with Crippen LogP contribution >= 0.6 is 0 Å². The van der Waals surface area contributed by atoms with Gasteiger partial charge in [0.15, 0.2) is 21.3 Å². The fraction of sp³-hybridized carbons (Fsp3) is 0.0714. The van der Waals surface area contributed by atoms with Crippen LogP contribution in [0.1, 0.15) is 0 Å². The molecular formula is C14H12N2O4S. The van der Waals surface area contributed by atoms with E-state index in [4.69, 9.17) is 0 Å². The van der Waals surface area contributed by atoms with Crippen LogP contribution in [-0.2, 0) is 9.84 Å². The topological polar surface area (TPSA) is 103 Å². The average molecular weight is 304 g/mol. The molecule has 1 heterocycles. The maximum Gasteiger partial charge on any atom is 0.177 e. The number of H-pyrrole nitrogens is 1. The normalized spacial score (nSPS) is 11.9. The molecule has 7 heteroatoms. The summed E-state index contributed by atoms with van der Waals surface area (Å²) in [6.45, 7) is 0. The van der Waals surface area contributed by atoms with E-state index in [0.717, 1.165) is 6.26 Å². The third-order valence-corrected chi connectivity index (χ3v) is 4.27. The lowest BCUT2D eigenvalue weighted by molar-refractivity contribution is 0.405. The highest BCUT2D eigenvalue weighted by atomic mass is 32.2. The zero-order valence-corrected chi connectivity index (χ0v) is 11.8. The first-order valence-corrected chi connectivity index (χ1v) is 7.97. The maximum absolute atomic E-state index is 11.8. The van der Waals surface area contributed by atoms with E-state index in [1.165, 1.54) is 12.1 Å². The summed E-state index contributed by atoms with van der Waals surface area (Å²) in [5.41, 5.74) is 1.14. The Labute approximate surface area is 120 Å². The van der Waals surface area contributed by atoms with Crippen LogP contribution in [0.2, 0.25) is 0 Å². The van der Waals surface area contributed by atoms with E-state index in [0.29, 0.717) is 16.6 Å². The number of hydrogen-bond acceptors (Lipinski definition) is 5. The van der Waals surface area contributed by atoms with Crippen LogP contribution in [0.25, 0.3) is 22.4 Å². The molecule has 6 nitrogen and oxygen atoms in total. The minimum absolute atomic E-state index is 0.113. The van der Waals surface area contributed by atoms with Gasteiger partial charge in [-0.05, 0) is 24.3 Å². The van der Waals surface area contributed by atoms with Gasteiger partial charge in [-0.1, -0.05) is 12.1 Å². The van der Waals surface area contributed by atoms with Crippen molar-refractivity contribution in [3.63, 3.8) is 0 Å². The van der Waals surface area contributed by atoms with Gasteiger partial charge in [-0.3, -0.25) is 0 Å². The number of rotatable bonds is 2. The lowest BCUT2D eigenvalue weighted by atomic mass is 10.2. The monoisotopic (exact) mass is 304 g/mol. The van der Waals surface area contributed by atoms with E-state index in [2.05, 4.69) is 9.97 Å². The molecule has 0 fully saturated rings. The quantitative estimate of drug-likeness (QED) is 0.629. The SMILES string of the molecule is CS(=O)(=O)c1cccc2[nH]c(-c3cccc(O)c3O)nc12.